The highest BCUT2D eigenvalue weighted by Crippen LogP contribution is 2.26. The average Bonchev–Trinajstić information content (AvgIpc) is 2.70. The van der Waals surface area contributed by atoms with Crippen LogP contribution in [0.2, 0.25) is 5.02 Å². The van der Waals surface area contributed by atoms with E-state index in [1.165, 1.54) is 0 Å². The van der Waals surface area contributed by atoms with Crippen LogP contribution in [0.5, 0.6) is 0 Å². The van der Waals surface area contributed by atoms with Gasteiger partial charge in [-0.1, -0.05) is 59.8 Å². The zero-order chi connectivity index (χ0) is 19.7. The number of hydrogen-bond donors (Lipinski definition) is 0. The second-order valence-corrected chi connectivity index (χ2v) is 8.14. The van der Waals surface area contributed by atoms with E-state index in [9.17, 15) is 4.79 Å². The van der Waals surface area contributed by atoms with Crippen molar-refractivity contribution in [3.05, 3.63) is 98.8 Å². The molecule has 0 atom stereocenters. The third-order valence-corrected chi connectivity index (χ3v) is 5.89. The van der Waals surface area contributed by atoms with Gasteiger partial charge >= 0.3 is 0 Å². The Kier molecular flexibility index (Phi) is 5.25. The van der Waals surface area contributed by atoms with Crippen molar-refractivity contribution in [1.82, 2.24) is 9.55 Å². The Morgan fingerprint density at radius 1 is 1.00 bits per heavy atom. The molecule has 1 aromatic heterocycles. The summed E-state index contributed by atoms with van der Waals surface area (Å²) in [5.74, 6) is 0.701. The van der Waals surface area contributed by atoms with Crippen LogP contribution in [0.15, 0.2) is 76.7 Å². The van der Waals surface area contributed by atoms with Crippen molar-refractivity contribution in [3.63, 3.8) is 0 Å². The van der Waals surface area contributed by atoms with Gasteiger partial charge in [0, 0.05) is 10.8 Å². The number of aromatic nitrogens is 2. The summed E-state index contributed by atoms with van der Waals surface area (Å²) < 4.78 is 1.74. The number of benzene rings is 3. The van der Waals surface area contributed by atoms with Crippen LogP contribution in [0.1, 0.15) is 16.7 Å². The van der Waals surface area contributed by atoms with Gasteiger partial charge in [-0.25, -0.2) is 4.98 Å². The van der Waals surface area contributed by atoms with Crippen molar-refractivity contribution in [2.24, 2.45) is 0 Å². The lowest BCUT2D eigenvalue weighted by Gasteiger charge is -2.16. The molecular weight excluding hydrogens is 388 g/mol. The fourth-order valence-corrected chi connectivity index (χ4v) is 4.20. The number of para-hydroxylation sites is 1. The van der Waals surface area contributed by atoms with Gasteiger partial charge in [0.15, 0.2) is 5.16 Å². The first-order chi connectivity index (χ1) is 13.5. The van der Waals surface area contributed by atoms with E-state index in [2.05, 4.69) is 6.07 Å². The monoisotopic (exact) mass is 406 g/mol. The van der Waals surface area contributed by atoms with Crippen molar-refractivity contribution in [2.75, 3.05) is 0 Å². The highest BCUT2D eigenvalue weighted by atomic mass is 35.5. The second-order valence-electron chi connectivity index (χ2n) is 6.76. The van der Waals surface area contributed by atoms with Crippen LogP contribution in [0.25, 0.3) is 16.6 Å². The standard InChI is InChI=1S/C23H19ClN2OS/c1-15-7-8-16(2)21(13-15)26-22(27)19-5-3-4-6-20(19)25-23(26)28-14-17-9-11-18(24)12-10-17/h3-13H,14H2,1-2H3. The Bertz CT molecular complexity index is 1220. The Labute approximate surface area is 173 Å². The van der Waals surface area contributed by atoms with E-state index in [0.717, 1.165) is 22.4 Å². The Morgan fingerprint density at radius 3 is 2.54 bits per heavy atom. The SMILES string of the molecule is Cc1ccc(C)c(-n2c(SCc3ccc(Cl)cc3)nc3ccccc3c2=O)c1. The number of fused-ring (bicyclic) bond motifs is 1. The van der Waals surface area contributed by atoms with Crippen LogP contribution in [-0.4, -0.2) is 9.55 Å². The van der Waals surface area contributed by atoms with Gasteiger partial charge in [-0.15, -0.1) is 0 Å². The molecule has 4 aromatic rings. The molecule has 1 heterocycles. The van der Waals surface area contributed by atoms with Crippen molar-refractivity contribution < 1.29 is 0 Å². The van der Waals surface area contributed by atoms with Gasteiger partial charge in [0.25, 0.3) is 5.56 Å². The van der Waals surface area contributed by atoms with E-state index >= 15 is 0 Å². The molecule has 140 valence electrons. The molecule has 0 radical (unpaired) electrons. The Hall–Kier alpha value is -2.56. The molecule has 28 heavy (non-hydrogen) atoms. The molecule has 0 aliphatic carbocycles. The summed E-state index contributed by atoms with van der Waals surface area (Å²) in [6, 6.07) is 21.4. The average molecular weight is 407 g/mol. The number of nitrogens with zero attached hydrogens (tertiary/aromatic N) is 2. The second kappa shape index (κ2) is 7.82. The van der Waals surface area contributed by atoms with E-state index in [-0.39, 0.29) is 5.56 Å². The minimum absolute atomic E-state index is 0.0436. The van der Waals surface area contributed by atoms with Gasteiger partial charge in [0.1, 0.15) is 0 Å². The van der Waals surface area contributed by atoms with Crippen LogP contribution >= 0.6 is 23.4 Å². The lowest BCUT2D eigenvalue weighted by atomic mass is 10.1. The number of aryl methyl sites for hydroxylation is 2. The maximum absolute atomic E-state index is 13.4. The smallest absolute Gasteiger partial charge is 0.266 e. The molecule has 3 aromatic carbocycles. The van der Waals surface area contributed by atoms with E-state index in [4.69, 9.17) is 16.6 Å². The van der Waals surface area contributed by atoms with E-state index < -0.39 is 0 Å². The lowest BCUT2D eigenvalue weighted by molar-refractivity contribution is 0.813. The fraction of sp³-hybridized carbons (Fsp3) is 0.130. The van der Waals surface area contributed by atoms with Gasteiger partial charge in [-0.3, -0.25) is 9.36 Å². The van der Waals surface area contributed by atoms with Crippen LogP contribution < -0.4 is 5.56 Å². The Balaban J connectivity index is 1.87. The van der Waals surface area contributed by atoms with Gasteiger partial charge in [-0.05, 0) is 60.9 Å². The van der Waals surface area contributed by atoms with Crippen molar-refractivity contribution in [1.29, 1.82) is 0 Å². The molecule has 0 aliphatic heterocycles. The first-order valence-corrected chi connectivity index (χ1v) is 10.4. The fourth-order valence-electron chi connectivity index (χ4n) is 3.11. The molecule has 3 nitrogen and oxygen atoms in total. The number of thioether (sulfide) groups is 1. The normalized spacial score (nSPS) is 11.1. The molecule has 4 rings (SSSR count). The Morgan fingerprint density at radius 2 is 1.75 bits per heavy atom. The van der Waals surface area contributed by atoms with Crippen molar-refractivity contribution in [3.8, 4) is 5.69 Å². The third-order valence-electron chi connectivity index (χ3n) is 4.63. The van der Waals surface area contributed by atoms with Gasteiger partial charge < -0.3 is 0 Å². The predicted octanol–water partition coefficient (Wildman–Crippen LogP) is 5.95. The summed E-state index contributed by atoms with van der Waals surface area (Å²) in [7, 11) is 0. The quantitative estimate of drug-likeness (QED) is 0.310. The molecule has 0 fully saturated rings. The molecule has 5 heteroatoms. The van der Waals surface area contributed by atoms with Gasteiger partial charge in [0.05, 0.1) is 16.6 Å². The number of halogens is 1. The molecule has 0 spiro atoms. The third kappa shape index (κ3) is 3.71. The van der Waals surface area contributed by atoms with Crippen molar-refractivity contribution in [2.45, 2.75) is 24.8 Å². The van der Waals surface area contributed by atoms with Crippen LogP contribution in [0.3, 0.4) is 0 Å². The minimum atomic E-state index is -0.0436. The first kappa shape index (κ1) is 18.8. The van der Waals surface area contributed by atoms with E-state index in [0.29, 0.717) is 26.8 Å². The van der Waals surface area contributed by atoms with Crippen LogP contribution in [0.4, 0.5) is 0 Å². The molecule has 0 amide bonds. The van der Waals surface area contributed by atoms with Crippen LogP contribution in [0, 0.1) is 13.8 Å². The predicted molar refractivity (Wildman–Crippen MR) is 118 cm³/mol. The molecule has 0 saturated heterocycles. The number of rotatable bonds is 4. The minimum Gasteiger partial charge on any atom is -0.268 e. The largest absolute Gasteiger partial charge is 0.268 e. The topological polar surface area (TPSA) is 34.9 Å². The summed E-state index contributed by atoms with van der Waals surface area (Å²) in [6.45, 7) is 4.05. The maximum atomic E-state index is 13.4. The van der Waals surface area contributed by atoms with Crippen LogP contribution in [-0.2, 0) is 5.75 Å². The van der Waals surface area contributed by atoms with E-state index in [1.807, 2.05) is 74.5 Å². The maximum Gasteiger partial charge on any atom is 0.266 e. The summed E-state index contributed by atoms with van der Waals surface area (Å²) in [5.41, 5.74) is 4.82. The molecule has 0 bridgehead atoms. The highest BCUT2D eigenvalue weighted by Gasteiger charge is 2.15. The van der Waals surface area contributed by atoms with Crippen molar-refractivity contribution >= 4 is 34.3 Å². The zero-order valence-electron chi connectivity index (χ0n) is 15.6. The highest BCUT2D eigenvalue weighted by molar-refractivity contribution is 7.98. The number of hydrogen-bond acceptors (Lipinski definition) is 3. The van der Waals surface area contributed by atoms with Gasteiger partial charge in [0.2, 0.25) is 0 Å². The lowest BCUT2D eigenvalue weighted by Crippen LogP contribution is -2.22. The van der Waals surface area contributed by atoms with Gasteiger partial charge in [-0.2, -0.15) is 0 Å². The summed E-state index contributed by atoms with van der Waals surface area (Å²) >= 11 is 7.54. The summed E-state index contributed by atoms with van der Waals surface area (Å²) in [5, 5.41) is 2.02. The molecule has 0 saturated carbocycles. The molecule has 0 unspecified atom stereocenters. The molecular formula is C23H19ClN2OS. The summed E-state index contributed by atoms with van der Waals surface area (Å²) in [4.78, 5) is 18.2. The molecule has 0 N–H and O–H groups in total. The molecule has 0 aliphatic rings. The van der Waals surface area contributed by atoms with E-state index in [1.54, 1.807) is 16.3 Å². The zero-order valence-corrected chi connectivity index (χ0v) is 17.2. The first-order valence-electron chi connectivity index (χ1n) is 8.99. The summed E-state index contributed by atoms with van der Waals surface area (Å²) in [6.07, 6.45) is 0.